The van der Waals surface area contributed by atoms with E-state index < -0.39 is 42.4 Å². The fraction of sp³-hybridized carbons (Fsp3) is 0.688. The minimum Gasteiger partial charge on any atom is -0.469 e. The highest BCUT2D eigenvalue weighted by molar-refractivity contribution is 5.18. The van der Waals surface area contributed by atoms with Crippen LogP contribution in [0.25, 0.3) is 0 Å². The molecule has 6 nitrogen and oxygen atoms in total. The van der Waals surface area contributed by atoms with Gasteiger partial charge in [-0.1, -0.05) is 6.07 Å². The van der Waals surface area contributed by atoms with Crippen molar-refractivity contribution in [2.75, 3.05) is 6.61 Å². The SMILES string of the molecule is CC(C)OC[C@H]1O[C@H](C)[C@H](O)[C@H](O)[C@H]1Oc1cccc(C(F)(F)F)n1. The van der Waals surface area contributed by atoms with Crippen LogP contribution < -0.4 is 4.74 Å². The third-order valence-electron chi connectivity index (χ3n) is 3.79. The molecule has 1 saturated heterocycles. The van der Waals surface area contributed by atoms with Gasteiger partial charge in [0.15, 0.2) is 6.10 Å². The number of hydrogen-bond donors (Lipinski definition) is 2. The van der Waals surface area contributed by atoms with E-state index in [0.717, 1.165) is 12.1 Å². The minimum absolute atomic E-state index is 0.0510. The average Bonchev–Trinajstić information content (AvgIpc) is 2.53. The Hall–Kier alpha value is -1.42. The summed E-state index contributed by atoms with van der Waals surface area (Å²) in [5, 5.41) is 20.3. The highest BCUT2D eigenvalue weighted by Gasteiger charge is 2.45. The van der Waals surface area contributed by atoms with E-state index in [4.69, 9.17) is 14.2 Å². The second-order valence-electron chi connectivity index (χ2n) is 6.18. The Kier molecular flexibility index (Phi) is 6.26. The Labute approximate surface area is 143 Å². The van der Waals surface area contributed by atoms with E-state index in [1.54, 1.807) is 6.92 Å². The molecule has 1 aromatic rings. The predicted octanol–water partition coefficient (Wildman–Crippen LogP) is 1.78. The van der Waals surface area contributed by atoms with E-state index >= 15 is 0 Å². The molecule has 25 heavy (non-hydrogen) atoms. The van der Waals surface area contributed by atoms with E-state index in [1.165, 1.54) is 6.07 Å². The Morgan fingerprint density at radius 1 is 1.24 bits per heavy atom. The maximum Gasteiger partial charge on any atom is 0.433 e. The molecule has 0 saturated carbocycles. The molecule has 142 valence electrons. The number of pyridine rings is 1. The maximum absolute atomic E-state index is 12.8. The van der Waals surface area contributed by atoms with Crippen LogP contribution in [-0.2, 0) is 15.7 Å². The van der Waals surface area contributed by atoms with Crippen LogP contribution in [-0.4, -0.2) is 58.4 Å². The number of hydrogen-bond acceptors (Lipinski definition) is 6. The topological polar surface area (TPSA) is 81.0 Å². The van der Waals surface area contributed by atoms with Gasteiger partial charge in [0.05, 0.1) is 18.8 Å². The summed E-state index contributed by atoms with van der Waals surface area (Å²) >= 11 is 0. The summed E-state index contributed by atoms with van der Waals surface area (Å²) in [7, 11) is 0. The van der Waals surface area contributed by atoms with Crippen LogP contribution >= 0.6 is 0 Å². The summed E-state index contributed by atoms with van der Waals surface area (Å²) in [6, 6.07) is 3.21. The van der Waals surface area contributed by atoms with Gasteiger partial charge in [-0.25, -0.2) is 4.98 Å². The molecule has 0 bridgehead atoms. The van der Waals surface area contributed by atoms with Crippen molar-refractivity contribution < 1.29 is 37.6 Å². The van der Waals surface area contributed by atoms with Crippen molar-refractivity contribution in [2.45, 2.75) is 63.6 Å². The summed E-state index contributed by atoms with van der Waals surface area (Å²) in [4.78, 5) is 3.41. The second kappa shape index (κ2) is 7.86. The van der Waals surface area contributed by atoms with E-state index in [-0.39, 0.29) is 18.6 Å². The summed E-state index contributed by atoms with van der Waals surface area (Å²) in [5.41, 5.74) is -1.11. The number of aliphatic hydroxyl groups excluding tert-OH is 2. The number of rotatable bonds is 5. The molecular formula is C16H22F3NO5. The smallest absolute Gasteiger partial charge is 0.433 e. The van der Waals surface area contributed by atoms with Crippen molar-refractivity contribution in [3.63, 3.8) is 0 Å². The van der Waals surface area contributed by atoms with Crippen molar-refractivity contribution in [3.8, 4) is 5.88 Å². The zero-order chi connectivity index (χ0) is 18.8. The van der Waals surface area contributed by atoms with Crippen LogP contribution in [0.15, 0.2) is 18.2 Å². The zero-order valence-electron chi connectivity index (χ0n) is 14.1. The third kappa shape index (κ3) is 5.04. The standard InChI is InChI=1S/C16H22F3NO5/c1-8(2)23-7-10-15(14(22)13(21)9(3)24-10)25-12-6-4-5-11(20-12)16(17,18)19/h4-6,8-10,13-15,21-22H,7H2,1-3H3/t9-,10-,13+,14+,15+/m1/s1. The quantitative estimate of drug-likeness (QED) is 0.828. The Morgan fingerprint density at radius 2 is 1.92 bits per heavy atom. The van der Waals surface area contributed by atoms with Gasteiger partial charge in [0.25, 0.3) is 0 Å². The van der Waals surface area contributed by atoms with Crippen LogP contribution in [0.1, 0.15) is 26.5 Å². The molecule has 2 heterocycles. The first-order chi connectivity index (χ1) is 11.6. The van der Waals surface area contributed by atoms with E-state index in [2.05, 4.69) is 4.98 Å². The first-order valence-corrected chi connectivity index (χ1v) is 7.93. The lowest BCUT2D eigenvalue weighted by atomic mass is 9.95. The van der Waals surface area contributed by atoms with Crippen molar-refractivity contribution >= 4 is 0 Å². The summed E-state index contributed by atoms with van der Waals surface area (Å²) in [5.74, 6) is -0.321. The van der Waals surface area contributed by atoms with Gasteiger partial charge >= 0.3 is 6.18 Å². The molecule has 0 unspecified atom stereocenters. The number of alkyl halides is 3. The van der Waals surface area contributed by atoms with Gasteiger partial charge in [0.2, 0.25) is 5.88 Å². The van der Waals surface area contributed by atoms with Crippen molar-refractivity contribution in [3.05, 3.63) is 23.9 Å². The van der Waals surface area contributed by atoms with Crippen LogP contribution in [0.2, 0.25) is 0 Å². The van der Waals surface area contributed by atoms with Gasteiger partial charge in [-0.05, 0) is 26.8 Å². The number of nitrogens with zero attached hydrogens (tertiary/aromatic N) is 1. The molecule has 9 heteroatoms. The molecule has 0 aliphatic carbocycles. The fourth-order valence-electron chi connectivity index (χ4n) is 2.47. The molecule has 1 aromatic heterocycles. The first-order valence-electron chi connectivity index (χ1n) is 7.93. The van der Waals surface area contributed by atoms with Crippen LogP contribution in [0.5, 0.6) is 5.88 Å². The fourth-order valence-corrected chi connectivity index (χ4v) is 2.47. The number of aromatic nitrogens is 1. The van der Waals surface area contributed by atoms with Crippen molar-refractivity contribution in [1.82, 2.24) is 4.98 Å². The lowest BCUT2D eigenvalue weighted by Crippen LogP contribution is -2.60. The predicted molar refractivity (Wildman–Crippen MR) is 81.1 cm³/mol. The lowest BCUT2D eigenvalue weighted by molar-refractivity contribution is -0.223. The highest BCUT2D eigenvalue weighted by Crippen LogP contribution is 2.30. The Bertz CT molecular complexity index is 569. The monoisotopic (exact) mass is 365 g/mol. The Morgan fingerprint density at radius 3 is 2.52 bits per heavy atom. The van der Waals surface area contributed by atoms with Gasteiger partial charge < -0.3 is 24.4 Å². The molecule has 5 atom stereocenters. The molecule has 0 aromatic carbocycles. The summed E-state index contributed by atoms with van der Waals surface area (Å²) in [6.07, 6.45) is -9.91. The average molecular weight is 365 g/mol. The normalized spacial score (nSPS) is 30.5. The van der Waals surface area contributed by atoms with Gasteiger partial charge in [-0.2, -0.15) is 13.2 Å². The first kappa shape index (κ1) is 19.9. The molecule has 0 radical (unpaired) electrons. The van der Waals surface area contributed by atoms with Gasteiger partial charge in [-0.3, -0.25) is 0 Å². The van der Waals surface area contributed by atoms with Crippen LogP contribution in [0.4, 0.5) is 13.2 Å². The van der Waals surface area contributed by atoms with E-state index in [1.807, 2.05) is 13.8 Å². The molecule has 2 rings (SSSR count). The largest absolute Gasteiger partial charge is 0.469 e. The third-order valence-corrected chi connectivity index (χ3v) is 3.79. The lowest BCUT2D eigenvalue weighted by Gasteiger charge is -2.41. The molecule has 2 N–H and O–H groups in total. The zero-order valence-corrected chi connectivity index (χ0v) is 14.1. The molecule has 1 aliphatic rings. The summed E-state index contributed by atoms with van der Waals surface area (Å²) in [6.45, 7) is 5.24. The van der Waals surface area contributed by atoms with Crippen LogP contribution in [0.3, 0.4) is 0 Å². The number of aliphatic hydroxyl groups is 2. The molecule has 0 amide bonds. The van der Waals surface area contributed by atoms with Crippen molar-refractivity contribution in [2.24, 2.45) is 0 Å². The number of ether oxygens (including phenoxy) is 3. The number of halogens is 3. The minimum atomic E-state index is -4.62. The molecule has 0 spiro atoms. The molecule has 1 fully saturated rings. The van der Waals surface area contributed by atoms with E-state index in [0.29, 0.717) is 0 Å². The molecule has 1 aliphatic heterocycles. The summed E-state index contributed by atoms with van der Waals surface area (Å²) < 4.78 is 54.8. The second-order valence-corrected chi connectivity index (χ2v) is 6.18. The van der Waals surface area contributed by atoms with Gasteiger partial charge in [0, 0.05) is 6.07 Å². The maximum atomic E-state index is 12.8. The Balaban J connectivity index is 2.20. The highest BCUT2D eigenvalue weighted by atomic mass is 19.4. The van der Waals surface area contributed by atoms with Gasteiger partial charge in [-0.15, -0.1) is 0 Å². The van der Waals surface area contributed by atoms with Crippen LogP contribution in [0, 0.1) is 0 Å². The van der Waals surface area contributed by atoms with Crippen molar-refractivity contribution in [1.29, 1.82) is 0 Å². The molecular weight excluding hydrogens is 343 g/mol. The van der Waals surface area contributed by atoms with Gasteiger partial charge in [0.1, 0.15) is 24.0 Å². The van der Waals surface area contributed by atoms with E-state index in [9.17, 15) is 23.4 Å².